The summed E-state index contributed by atoms with van der Waals surface area (Å²) < 4.78 is 5.56. The van der Waals surface area contributed by atoms with Crippen molar-refractivity contribution in [1.29, 1.82) is 0 Å². The van der Waals surface area contributed by atoms with Gasteiger partial charge in [-0.2, -0.15) is 0 Å². The van der Waals surface area contributed by atoms with Crippen molar-refractivity contribution in [3.8, 4) is 0 Å². The van der Waals surface area contributed by atoms with Crippen molar-refractivity contribution in [2.75, 3.05) is 19.6 Å². The maximum Gasteiger partial charge on any atom is 0.134 e. The molecule has 1 unspecified atom stereocenters. The van der Waals surface area contributed by atoms with Gasteiger partial charge in [-0.15, -0.1) is 0 Å². The molecule has 0 aliphatic carbocycles. The SMILES string of the molecule is c1ccc2c(CCNCC3CCCCN3)coc2c1. The smallest absolute Gasteiger partial charge is 0.134 e. The number of furan rings is 1. The van der Waals surface area contributed by atoms with Crippen molar-refractivity contribution in [2.24, 2.45) is 0 Å². The Bertz CT molecular complexity index is 514. The molecule has 3 rings (SSSR count). The quantitative estimate of drug-likeness (QED) is 0.810. The summed E-state index contributed by atoms with van der Waals surface area (Å²) in [6.07, 6.45) is 6.93. The van der Waals surface area contributed by atoms with E-state index in [0.29, 0.717) is 6.04 Å². The van der Waals surface area contributed by atoms with Gasteiger partial charge in [0.05, 0.1) is 6.26 Å². The van der Waals surface area contributed by atoms with E-state index in [1.807, 2.05) is 18.4 Å². The number of hydrogen-bond donors (Lipinski definition) is 2. The minimum absolute atomic E-state index is 0.662. The number of rotatable bonds is 5. The van der Waals surface area contributed by atoms with Crippen LogP contribution in [0.15, 0.2) is 34.9 Å². The molecular weight excluding hydrogens is 236 g/mol. The summed E-state index contributed by atoms with van der Waals surface area (Å²) in [6.45, 7) is 3.27. The monoisotopic (exact) mass is 258 g/mol. The molecule has 1 aromatic carbocycles. The minimum Gasteiger partial charge on any atom is -0.464 e. The van der Waals surface area contributed by atoms with E-state index in [1.54, 1.807) is 0 Å². The highest BCUT2D eigenvalue weighted by Gasteiger charge is 2.11. The van der Waals surface area contributed by atoms with Crippen molar-refractivity contribution < 1.29 is 4.42 Å². The Kier molecular flexibility index (Phi) is 4.16. The van der Waals surface area contributed by atoms with E-state index in [0.717, 1.165) is 25.1 Å². The third-order valence-corrected chi connectivity index (χ3v) is 3.94. The number of fused-ring (bicyclic) bond motifs is 1. The van der Waals surface area contributed by atoms with Gasteiger partial charge in [0.2, 0.25) is 0 Å². The first-order valence-corrected chi connectivity index (χ1v) is 7.33. The topological polar surface area (TPSA) is 37.2 Å². The molecule has 2 N–H and O–H groups in total. The molecule has 1 aromatic heterocycles. The molecule has 1 saturated heterocycles. The summed E-state index contributed by atoms with van der Waals surface area (Å²) in [5.74, 6) is 0. The molecule has 3 nitrogen and oxygen atoms in total. The zero-order valence-electron chi connectivity index (χ0n) is 11.3. The maximum absolute atomic E-state index is 5.56. The third kappa shape index (κ3) is 3.17. The second kappa shape index (κ2) is 6.22. The Morgan fingerprint density at radius 1 is 1.26 bits per heavy atom. The van der Waals surface area contributed by atoms with Crippen LogP contribution in [0.3, 0.4) is 0 Å². The number of nitrogens with one attached hydrogen (secondary N) is 2. The van der Waals surface area contributed by atoms with Crippen molar-refractivity contribution in [3.05, 3.63) is 36.1 Å². The molecular formula is C16H22N2O. The van der Waals surface area contributed by atoms with Gasteiger partial charge in [-0.25, -0.2) is 0 Å². The molecule has 1 aliphatic heterocycles. The summed E-state index contributed by atoms with van der Waals surface area (Å²) >= 11 is 0. The molecule has 19 heavy (non-hydrogen) atoms. The highest BCUT2D eigenvalue weighted by Crippen LogP contribution is 2.20. The maximum atomic E-state index is 5.56. The van der Waals surface area contributed by atoms with Crippen molar-refractivity contribution in [3.63, 3.8) is 0 Å². The molecule has 1 fully saturated rings. The number of benzene rings is 1. The van der Waals surface area contributed by atoms with Gasteiger partial charge < -0.3 is 15.1 Å². The molecule has 1 aliphatic rings. The van der Waals surface area contributed by atoms with Crippen LogP contribution in [0.1, 0.15) is 24.8 Å². The molecule has 2 heterocycles. The summed E-state index contributed by atoms with van der Waals surface area (Å²) in [6, 6.07) is 8.91. The molecule has 1 atom stereocenters. The Balaban J connectivity index is 1.47. The van der Waals surface area contributed by atoms with Gasteiger partial charge in [0.1, 0.15) is 5.58 Å². The Morgan fingerprint density at radius 3 is 3.11 bits per heavy atom. The van der Waals surface area contributed by atoms with E-state index >= 15 is 0 Å². The van der Waals surface area contributed by atoms with E-state index in [-0.39, 0.29) is 0 Å². The first-order valence-electron chi connectivity index (χ1n) is 7.33. The van der Waals surface area contributed by atoms with Crippen molar-refractivity contribution >= 4 is 11.0 Å². The van der Waals surface area contributed by atoms with Gasteiger partial charge in [0, 0.05) is 18.0 Å². The van der Waals surface area contributed by atoms with Crippen LogP contribution in [0.5, 0.6) is 0 Å². The first-order chi connectivity index (χ1) is 9.43. The minimum atomic E-state index is 0.662. The third-order valence-electron chi connectivity index (χ3n) is 3.94. The predicted molar refractivity (Wildman–Crippen MR) is 78.4 cm³/mol. The molecule has 2 aromatic rings. The number of para-hydroxylation sites is 1. The van der Waals surface area contributed by atoms with Gasteiger partial charge in [-0.3, -0.25) is 0 Å². The lowest BCUT2D eigenvalue weighted by Crippen LogP contribution is -2.42. The zero-order valence-corrected chi connectivity index (χ0v) is 11.3. The van der Waals surface area contributed by atoms with E-state index in [9.17, 15) is 0 Å². The van der Waals surface area contributed by atoms with Crippen LogP contribution in [0.2, 0.25) is 0 Å². The Morgan fingerprint density at radius 2 is 2.21 bits per heavy atom. The second-order valence-electron chi connectivity index (χ2n) is 5.36. The number of hydrogen-bond acceptors (Lipinski definition) is 3. The van der Waals surface area contributed by atoms with Gasteiger partial charge in [-0.1, -0.05) is 24.6 Å². The summed E-state index contributed by atoms with van der Waals surface area (Å²) in [5.41, 5.74) is 2.30. The highest BCUT2D eigenvalue weighted by molar-refractivity contribution is 5.80. The second-order valence-corrected chi connectivity index (χ2v) is 5.36. The predicted octanol–water partition coefficient (Wildman–Crippen LogP) is 2.71. The summed E-state index contributed by atoms with van der Waals surface area (Å²) in [5, 5.41) is 8.37. The lowest BCUT2D eigenvalue weighted by atomic mass is 10.1. The highest BCUT2D eigenvalue weighted by atomic mass is 16.3. The lowest BCUT2D eigenvalue weighted by molar-refractivity contribution is 0.384. The normalized spacial score (nSPS) is 19.9. The van der Waals surface area contributed by atoms with Crippen molar-refractivity contribution in [2.45, 2.75) is 31.7 Å². The summed E-state index contributed by atoms with van der Waals surface area (Å²) in [4.78, 5) is 0. The molecule has 0 bridgehead atoms. The average Bonchev–Trinajstić information content (AvgIpc) is 2.88. The van der Waals surface area contributed by atoms with Crippen LogP contribution in [-0.2, 0) is 6.42 Å². The van der Waals surface area contributed by atoms with Crippen LogP contribution in [0.4, 0.5) is 0 Å². The molecule has 3 heteroatoms. The largest absolute Gasteiger partial charge is 0.464 e. The van der Waals surface area contributed by atoms with Gasteiger partial charge in [0.15, 0.2) is 0 Å². The van der Waals surface area contributed by atoms with Crippen LogP contribution in [0.25, 0.3) is 11.0 Å². The average molecular weight is 258 g/mol. The fraction of sp³-hybridized carbons (Fsp3) is 0.500. The number of piperidine rings is 1. The van der Waals surface area contributed by atoms with E-state index in [1.165, 1.54) is 36.8 Å². The van der Waals surface area contributed by atoms with E-state index < -0.39 is 0 Å². The van der Waals surface area contributed by atoms with Crippen LogP contribution >= 0.6 is 0 Å². The Labute approximate surface area is 114 Å². The lowest BCUT2D eigenvalue weighted by Gasteiger charge is -2.23. The van der Waals surface area contributed by atoms with Gasteiger partial charge >= 0.3 is 0 Å². The molecule has 0 spiro atoms. The van der Waals surface area contributed by atoms with E-state index in [2.05, 4.69) is 22.8 Å². The molecule has 0 saturated carbocycles. The standard InChI is InChI=1S/C16H22N2O/c1-2-7-16-15(6-1)13(12-19-16)8-10-17-11-14-5-3-4-9-18-14/h1-2,6-7,12,14,17-18H,3-5,8-11H2. The van der Waals surface area contributed by atoms with Crippen LogP contribution in [-0.4, -0.2) is 25.7 Å². The van der Waals surface area contributed by atoms with Crippen LogP contribution < -0.4 is 10.6 Å². The fourth-order valence-corrected chi connectivity index (χ4v) is 2.82. The van der Waals surface area contributed by atoms with Crippen LogP contribution in [0, 0.1) is 0 Å². The fourth-order valence-electron chi connectivity index (χ4n) is 2.82. The van der Waals surface area contributed by atoms with Gasteiger partial charge in [-0.05, 0) is 44.0 Å². The van der Waals surface area contributed by atoms with E-state index in [4.69, 9.17) is 4.42 Å². The zero-order chi connectivity index (χ0) is 12.9. The van der Waals surface area contributed by atoms with Gasteiger partial charge in [0.25, 0.3) is 0 Å². The van der Waals surface area contributed by atoms with Crippen molar-refractivity contribution in [1.82, 2.24) is 10.6 Å². The molecule has 0 amide bonds. The Hall–Kier alpha value is -1.32. The molecule has 0 radical (unpaired) electrons. The summed E-state index contributed by atoms with van der Waals surface area (Å²) in [7, 11) is 0. The first kappa shape index (κ1) is 12.7. The molecule has 102 valence electrons.